The lowest BCUT2D eigenvalue weighted by molar-refractivity contribution is 1.66. The van der Waals surface area contributed by atoms with Crippen LogP contribution in [0.25, 0.3) is 44.5 Å². The van der Waals surface area contributed by atoms with Crippen molar-refractivity contribution < 1.29 is 0 Å². The predicted octanol–water partition coefficient (Wildman–Crippen LogP) is 7.32. The highest BCUT2D eigenvalue weighted by atomic mass is 14.1. The molecule has 0 saturated heterocycles. The Labute approximate surface area is 153 Å². The van der Waals surface area contributed by atoms with Gasteiger partial charge in [-0.2, -0.15) is 0 Å². The van der Waals surface area contributed by atoms with Crippen molar-refractivity contribution in [2.45, 2.75) is 0 Å². The summed E-state index contributed by atoms with van der Waals surface area (Å²) in [6.45, 7) is 0. The smallest absolute Gasteiger partial charge is 0.00930 e. The Hall–Kier alpha value is -3.38. The number of hydrogen-bond donors (Lipinski definition) is 0. The second-order valence-electron chi connectivity index (χ2n) is 6.64. The summed E-state index contributed by atoms with van der Waals surface area (Å²) in [5, 5.41) is 7.83. The topological polar surface area (TPSA) is 0 Å². The lowest BCUT2D eigenvalue weighted by atomic mass is 9.93. The molecule has 0 atom stereocenters. The van der Waals surface area contributed by atoms with Crippen LogP contribution in [0, 0.1) is 0 Å². The van der Waals surface area contributed by atoms with Crippen molar-refractivity contribution in [3.8, 4) is 0 Å². The average molecular weight is 330 g/mol. The maximum Gasteiger partial charge on any atom is -0.00930 e. The molecule has 0 spiro atoms. The van der Waals surface area contributed by atoms with E-state index in [-0.39, 0.29) is 0 Å². The van der Waals surface area contributed by atoms with Gasteiger partial charge in [0, 0.05) is 0 Å². The Morgan fingerprint density at radius 3 is 1.92 bits per heavy atom. The normalized spacial score (nSPS) is 11.7. The minimum Gasteiger partial charge on any atom is -0.0622 e. The summed E-state index contributed by atoms with van der Waals surface area (Å²) >= 11 is 0. The molecule has 0 fully saturated rings. The minimum atomic E-state index is 1.22. The molecule has 0 heteroatoms. The fraction of sp³-hybridized carbons (Fsp3) is 0. The predicted molar refractivity (Wildman–Crippen MR) is 114 cm³/mol. The van der Waals surface area contributed by atoms with Crippen molar-refractivity contribution in [2.75, 3.05) is 0 Å². The fourth-order valence-electron chi connectivity index (χ4n) is 3.78. The van der Waals surface area contributed by atoms with Gasteiger partial charge >= 0.3 is 0 Å². The van der Waals surface area contributed by atoms with Crippen LogP contribution < -0.4 is 0 Å². The van der Waals surface area contributed by atoms with Crippen LogP contribution in [0.1, 0.15) is 11.1 Å². The standard InChI is InChI=1S/C26H18/c1-2-8-19(9-3-1)14-15-21-18-26-22-11-5-4-10-20(22)16-17-25(26)24-13-7-6-12-23(21)24/h1-18H/b15-14+. The molecular formula is C26H18. The molecule has 0 aromatic heterocycles. The summed E-state index contributed by atoms with van der Waals surface area (Å²) < 4.78 is 0. The first-order valence-electron chi connectivity index (χ1n) is 8.96. The lowest BCUT2D eigenvalue weighted by Gasteiger charge is -2.10. The zero-order valence-electron chi connectivity index (χ0n) is 14.4. The number of benzene rings is 5. The summed E-state index contributed by atoms with van der Waals surface area (Å²) in [4.78, 5) is 0. The van der Waals surface area contributed by atoms with Crippen LogP contribution in [0.15, 0.2) is 97.1 Å². The lowest BCUT2D eigenvalue weighted by Crippen LogP contribution is -1.84. The van der Waals surface area contributed by atoms with E-state index in [2.05, 4.69) is 109 Å². The Kier molecular flexibility index (Phi) is 3.54. The van der Waals surface area contributed by atoms with Gasteiger partial charge in [0.05, 0.1) is 0 Å². The summed E-state index contributed by atoms with van der Waals surface area (Å²) in [5.74, 6) is 0. The first-order valence-corrected chi connectivity index (χ1v) is 8.96. The Morgan fingerprint density at radius 2 is 1.08 bits per heavy atom. The van der Waals surface area contributed by atoms with Crippen molar-refractivity contribution in [3.05, 3.63) is 108 Å². The van der Waals surface area contributed by atoms with Gasteiger partial charge in [0.15, 0.2) is 0 Å². The second kappa shape index (κ2) is 6.16. The van der Waals surface area contributed by atoms with Crippen molar-refractivity contribution in [2.24, 2.45) is 0 Å². The molecule has 0 bridgehead atoms. The molecular weight excluding hydrogens is 312 g/mol. The Balaban J connectivity index is 1.83. The molecule has 0 unspecified atom stereocenters. The second-order valence-corrected chi connectivity index (χ2v) is 6.64. The molecule has 0 amide bonds. The summed E-state index contributed by atoms with van der Waals surface area (Å²) in [6, 6.07) is 34.6. The Bertz CT molecular complexity index is 1260. The van der Waals surface area contributed by atoms with Gasteiger partial charge in [-0.05, 0) is 49.5 Å². The van der Waals surface area contributed by atoms with E-state index >= 15 is 0 Å². The van der Waals surface area contributed by atoms with Crippen molar-refractivity contribution >= 4 is 44.5 Å². The summed E-state index contributed by atoms with van der Waals surface area (Å²) in [7, 11) is 0. The molecule has 5 aromatic rings. The van der Waals surface area contributed by atoms with Gasteiger partial charge in [-0.1, -0.05) is 103 Å². The quantitative estimate of drug-likeness (QED) is 0.235. The van der Waals surface area contributed by atoms with E-state index in [1.165, 1.54) is 43.4 Å². The van der Waals surface area contributed by atoms with Gasteiger partial charge in [0.2, 0.25) is 0 Å². The molecule has 0 aliphatic carbocycles. The molecule has 0 aliphatic heterocycles. The van der Waals surface area contributed by atoms with E-state index in [0.29, 0.717) is 0 Å². The van der Waals surface area contributed by atoms with E-state index in [9.17, 15) is 0 Å². The van der Waals surface area contributed by atoms with Gasteiger partial charge in [-0.15, -0.1) is 0 Å². The van der Waals surface area contributed by atoms with E-state index in [1.54, 1.807) is 0 Å². The third-order valence-electron chi connectivity index (χ3n) is 5.05. The van der Waals surface area contributed by atoms with Gasteiger partial charge in [-0.3, -0.25) is 0 Å². The van der Waals surface area contributed by atoms with Crippen LogP contribution in [0.3, 0.4) is 0 Å². The van der Waals surface area contributed by atoms with E-state index < -0.39 is 0 Å². The molecule has 0 radical (unpaired) electrons. The monoisotopic (exact) mass is 330 g/mol. The summed E-state index contributed by atoms with van der Waals surface area (Å²) in [6.07, 6.45) is 4.43. The van der Waals surface area contributed by atoms with Crippen LogP contribution >= 0.6 is 0 Å². The maximum atomic E-state index is 2.33. The molecule has 0 saturated carbocycles. The molecule has 5 aromatic carbocycles. The average Bonchev–Trinajstić information content (AvgIpc) is 2.72. The zero-order valence-corrected chi connectivity index (χ0v) is 14.4. The zero-order chi connectivity index (χ0) is 17.3. The minimum absolute atomic E-state index is 1.22. The van der Waals surface area contributed by atoms with E-state index in [4.69, 9.17) is 0 Å². The molecule has 0 heterocycles. The molecule has 0 N–H and O–H groups in total. The van der Waals surface area contributed by atoms with Crippen LogP contribution in [0.5, 0.6) is 0 Å². The highest BCUT2D eigenvalue weighted by Crippen LogP contribution is 2.34. The van der Waals surface area contributed by atoms with Crippen molar-refractivity contribution in [1.82, 2.24) is 0 Å². The number of fused-ring (bicyclic) bond motifs is 5. The van der Waals surface area contributed by atoms with Crippen LogP contribution in [-0.2, 0) is 0 Å². The number of hydrogen-bond acceptors (Lipinski definition) is 0. The number of rotatable bonds is 2. The highest BCUT2D eigenvalue weighted by molar-refractivity contribution is 6.19. The third-order valence-corrected chi connectivity index (χ3v) is 5.05. The van der Waals surface area contributed by atoms with Crippen LogP contribution in [0.4, 0.5) is 0 Å². The maximum absolute atomic E-state index is 2.33. The van der Waals surface area contributed by atoms with E-state index in [1.807, 2.05) is 0 Å². The first-order chi connectivity index (χ1) is 12.9. The molecule has 5 rings (SSSR count). The Morgan fingerprint density at radius 1 is 0.423 bits per heavy atom. The van der Waals surface area contributed by atoms with Crippen molar-refractivity contribution in [1.29, 1.82) is 0 Å². The van der Waals surface area contributed by atoms with Crippen LogP contribution in [0.2, 0.25) is 0 Å². The van der Waals surface area contributed by atoms with E-state index in [0.717, 1.165) is 0 Å². The molecule has 122 valence electrons. The summed E-state index contributed by atoms with van der Waals surface area (Å²) in [5.41, 5.74) is 2.47. The largest absolute Gasteiger partial charge is 0.0622 e. The first kappa shape index (κ1) is 14.9. The van der Waals surface area contributed by atoms with Crippen LogP contribution in [-0.4, -0.2) is 0 Å². The van der Waals surface area contributed by atoms with Gasteiger partial charge in [0.25, 0.3) is 0 Å². The molecule has 0 aliphatic rings. The SMILES string of the molecule is C(=C\c1cc2c3ccccc3ccc2c2ccccc12)/c1ccccc1. The van der Waals surface area contributed by atoms with Gasteiger partial charge in [0.1, 0.15) is 0 Å². The highest BCUT2D eigenvalue weighted by Gasteiger charge is 2.07. The fourth-order valence-corrected chi connectivity index (χ4v) is 3.78. The van der Waals surface area contributed by atoms with Gasteiger partial charge in [-0.25, -0.2) is 0 Å². The van der Waals surface area contributed by atoms with Crippen molar-refractivity contribution in [3.63, 3.8) is 0 Å². The third kappa shape index (κ3) is 2.48. The molecule has 26 heavy (non-hydrogen) atoms. The van der Waals surface area contributed by atoms with Gasteiger partial charge < -0.3 is 0 Å². The molecule has 0 nitrogen and oxygen atoms in total.